The highest BCUT2D eigenvalue weighted by Crippen LogP contribution is 2.26. The molecule has 0 bridgehead atoms. The molecule has 1 aliphatic carbocycles. The molecule has 0 radical (unpaired) electrons. The molecule has 82 valence electrons. The minimum Gasteiger partial charge on any atom is -0.465 e. The van der Waals surface area contributed by atoms with Gasteiger partial charge in [0.25, 0.3) is 0 Å². The van der Waals surface area contributed by atoms with Crippen LogP contribution >= 0.6 is 0 Å². The molecule has 1 amide bonds. The smallest absolute Gasteiger partial charge is 0.404 e. The van der Waals surface area contributed by atoms with Crippen LogP contribution in [0.15, 0.2) is 0 Å². The molecule has 1 aliphatic rings. The van der Waals surface area contributed by atoms with Crippen LogP contribution in [0, 0.1) is 5.92 Å². The van der Waals surface area contributed by atoms with Gasteiger partial charge in [-0.25, -0.2) is 4.79 Å². The predicted octanol–water partition coefficient (Wildman–Crippen LogP) is 1.55. The summed E-state index contributed by atoms with van der Waals surface area (Å²) in [6.07, 6.45) is 5.07. The lowest BCUT2D eigenvalue weighted by Crippen LogP contribution is -2.49. The van der Waals surface area contributed by atoms with Gasteiger partial charge >= 0.3 is 6.09 Å². The van der Waals surface area contributed by atoms with Crippen molar-refractivity contribution in [2.24, 2.45) is 11.7 Å². The largest absolute Gasteiger partial charge is 0.465 e. The molecule has 0 aliphatic heterocycles. The molecular weight excluding hydrogens is 180 g/mol. The number of rotatable bonds is 3. The molecule has 0 aromatic carbocycles. The maximum absolute atomic E-state index is 10.4. The van der Waals surface area contributed by atoms with Crippen LogP contribution in [0.4, 0.5) is 4.79 Å². The van der Waals surface area contributed by atoms with Gasteiger partial charge < -0.3 is 16.2 Å². The summed E-state index contributed by atoms with van der Waals surface area (Å²) in [6, 6.07) is -0.179. The maximum atomic E-state index is 10.4. The second-order valence-electron chi connectivity index (χ2n) is 4.21. The van der Waals surface area contributed by atoms with Crippen LogP contribution in [0.2, 0.25) is 0 Å². The Morgan fingerprint density at radius 3 is 2.50 bits per heavy atom. The fraction of sp³-hybridized carbons (Fsp3) is 0.900. The molecule has 0 aromatic heterocycles. The number of hydrogen-bond acceptors (Lipinski definition) is 2. The van der Waals surface area contributed by atoms with E-state index in [2.05, 4.69) is 5.32 Å². The number of carbonyl (C=O) groups is 1. The van der Waals surface area contributed by atoms with E-state index < -0.39 is 6.09 Å². The van der Waals surface area contributed by atoms with Crippen LogP contribution in [-0.2, 0) is 0 Å². The van der Waals surface area contributed by atoms with Crippen LogP contribution in [-0.4, -0.2) is 23.3 Å². The molecule has 2 atom stereocenters. The molecule has 4 nitrogen and oxygen atoms in total. The normalized spacial score (nSPS) is 22.7. The zero-order valence-corrected chi connectivity index (χ0v) is 8.70. The first-order chi connectivity index (χ1) is 6.61. The van der Waals surface area contributed by atoms with Crippen molar-refractivity contribution in [1.29, 1.82) is 0 Å². The first-order valence-corrected chi connectivity index (χ1v) is 5.36. The van der Waals surface area contributed by atoms with Gasteiger partial charge in [-0.1, -0.05) is 19.3 Å². The second kappa shape index (κ2) is 5.20. The Kier molecular flexibility index (Phi) is 4.20. The summed E-state index contributed by atoms with van der Waals surface area (Å²) in [4.78, 5) is 10.4. The number of amides is 1. The average Bonchev–Trinajstić information content (AvgIpc) is 2.17. The van der Waals surface area contributed by atoms with E-state index >= 15 is 0 Å². The Balaban J connectivity index is 2.37. The van der Waals surface area contributed by atoms with Gasteiger partial charge in [-0.15, -0.1) is 0 Å². The SMILES string of the molecule is C[C@H](NC(=O)O)[C@H](N)C1CCCCC1. The topological polar surface area (TPSA) is 75.3 Å². The summed E-state index contributed by atoms with van der Waals surface area (Å²) < 4.78 is 0. The van der Waals surface area contributed by atoms with Crippen molar-refractivity contribution in [1.82, 2.24) is 5.32 Å². The summed E-state index contributed by atoms with van der Waals surface area (Å²) in [6.45, 7) is 1.84. The van der Waals surface area contributed by atoms with Gasteiger partial charge in [-0.05, 0) is 25.7 Å². The molecule has 0 aromatic rings. The van der Waals surface area contributed by atoms with Gasteiger partial charge in [0.1, 0.15) is 0 Å². The molecule has 1 rings (SSSR count). The van der Waals surface area contributed by atoms with Crippen LogP contribution in [0.25, 0.3) is 0 Å². The molecule has 0 unspecified atom stereocenters. The molecule has 14 heavy (non-hydrogen) atoms. The van der Waals surface area contributed by atoms with Crippen molar-refractivity contribution in [2.45, 2.75) is 51.1 Å². The summed E-state index contributed by atoms with van der Waals surface area (Å²) in [5.41, 5.74) is 6.01. The van der Waals surface area contributed by atoms with E-state index in [0.29, 0.717) is 5.92 Å². The number of hydrogen-bond donors (Lipinski definition) is 3. The maximum Gasteiger partial charge on any atom is 0.404 e. The molecule has 0 saturated heterocycles. The van der Waals surface area contributed by atoms with Gasteiger partial charge in [-0.2, -0.15) is 0 Å². The predicted molar refractivity (Wildman–Crippen MR) is 55.2 cm³/mol. The van der Waals surface area contributed by atoms with Crippen molar-refractivity contribution in [3.63, 3.8) is 0 Å². The Hall–Kier alpha value is -0.770. The summed E-state index contributed by atoms with van der Waals surface area (Å²) in [7, 11) is 0. The number of nitrogens with one attached hydrogen (secondary N) is 1. The van der Waals surface area contributed by atoms with E-state index in [9.17, 15) is 4.79 Å². The molecular formula is C10H20N2O2. The molecule has 1 fully saturated rings. The highest BCUT2D eigenvalue weighted by Gasteiger charge is 2.25. The monoisotopic (exact) mass is 200 g/mol. The van der Waals surface area contributed by atoms with Gasteiger partial charge in [-0.3, -0.25) is 0 Å². The summed E-state index contributed by atoms with van der Waals surface area (Å²) in [5, 5.41) is 11.0. The zero-order chi connectivity index (χ0) is 10.6. The Bertz CT molecular complexity index is 191. The first kappa shape index (κ1) is 11.3. The van der Waals surface area contributed by atoms with Crippen molar-refractivity contribution in [3.05, 3.63) is 0 Å². The van der Waals surface area contributed by atoms with Crippen LogP contribution in [0.3, 0.4) is 0 Å². The fourth-order valence-electron chi connectivity index (χ4n) is 2.22. The lowest BCUT2D eigenvalue weighted by Gasteiger charge is -2.31. The van der Waals surface area contributed by atoms with Crippen molar-refractivity contribution < 1.29 is 9.90 Å². The van der Waals surface area contributed by atoms with Gasteiger partial charge in [0, 0.05) is 12.1 Å². The third-order valence-electron chi connectivity index (χ3n) is 3.12. The minimum atomic E-state index is -0.983. The lowest BCUT2D eigenvalue weighted by molar-refractivity contribution is 0.183. The molecule has 1 saturated carbocycles. The van der Waals surface area contributed by atoms with Crippen LogP contribution < -0.4 is 11.1 Å². The highest BCUT2D eigenvalue weighted by atomic mass is 16.4. The van der Waals surface area contributed by atoms with Crippen molar-refractivity contribution in [3.8, 4) is 0 Å². The van der Waals surface area contributed by atoms with E-state index in [1.807, 2.05) is 6.92 Å². The molecule has 4 N–H and O–H groups in total. The summed E-state index contributed by atoms with van der Waals surface area (Å²) >= 11 is 0. The lowest BCUT2D eigenvalue weighted by atomic mass is 9.82. The van der Waals surface area contributed by atoms with Crippen molar-refractivity contribution >= 4 is 6.09 Å². The van der Waals surface area contributed by atoms with E-state index in [-0.39, 0.29) is 12.1 Å². The van der Waals surface area contributed by atoms with Crippen LogP contribution in [0.1, 0.15) is 39.0 Å². The number of nitrogens with two attached hydrogens (primary N) is 1. The second-order valence-corrected chi connectivity index (χ2v) is 4.21. The van der Waals surface area contributed by atoms with E-state index in [0.717, 1.165) is 12.8 Å². The third kappa shape index (κ3) is 3.18. The Morgan fingerprint density at radius 2 is 2.00 bits per heavy atom. The van der Waals surface area contributed by atoms with Gasteiger partial charge in [0.05, 0.1) is 0 Å². The van der Waals surface area contributed by atoms with Crippen molar-refractivity contribution in [2.75, 3.05) is 0 Å². The van der Waals surface area contributed by atoms with E-state index in [4.69, 9.17) is 10.8 Å². The quantitative estimate of drug-likeness (QED) is 0.647. The van der Waals surface area contributed by atoms with E-state index in [1.54, 1.807) is 0 Å². The third-order valence-corrected chi connectivity index (χ3v) is 3.12. The van der Waals surface area contributed by atoms with Gasteiger partial charge in [0.2, 0.25) is 0 Å². The summed E-state index contributed by atoms with van der Waals surface area (Å²) in [5.74, 6) is 0.491. The highest BCUT2D eigenvalue weighted by molar-refractivity contribution is 5.64. The van der Waals surface area contributed by atoms with Gasteiger partial charge in [0.15, 0.2) is 0 Å². The fourth-order valence-corrected chi connectivity index (χ4v) is 2.22. The average molecular weight is 200 g/mol. The molecule has 0 spiro atoms. The van der Waals surface area contributed by atoms with Crippen LogP contribution in [0.5, 0.6) is 0 Å². The number of carboxylic acid groups (broad SMARTS) is 1. The molecule has 4 heteroatoms. The standard InChI is InChI=1S/C10H20N2O2/c1-7(12-10(13)14)9(11)8-5-3-2-4-6-8/h7-9,12H,2-6,11H2,1H3,(H,13,14)/t7-,9-/m0/s1. The first-order valence-electron chi connectivity index (χ1n) is 5.36. The Labute approximate surface area is 84.9 Å². The Morgan fingerprint density at radius 1 is 1.43 bits per heavy atom. The minimum absolute atomic E-state index is 0.0357. The molecule has 0 heterocycles. The zero-order valence-electron chi connectivity index (χ0n) is 8.70. The van der Waals surface area contributed by atoms with E-state index in [1.165, 1.54) is 19.3 Å².